The topological polar surface area (TPSA) is 83.6 Å². The van der Waals surface area contributed by atoms with Crippen LogP contribution >= 0.6 is 0 Å². The summed E-state index contributed by atoms with van der Waals surface area (Å²) < 4.78 is 1.71. The first-order chi connectivity index (χ1) is 13.2. The molecule has 2 heterocycles. The van der Waals surface area contributed by atoms with Crippen LogP contribution < -0.4 is 5.32 Å². The summed E-state index contributed by atoms with van der Waals surface area (Å²) in [6, 6.07) is 9.43. The molecule has 0 aliphatic heterocycles. The lowest BCUT2D eigenvalue weighted by Gasteiger charge is -2.21. The van der Waals surface area contributed by atoms with E-state index in [1.54, 1.807) is 23.0 Å². The molecule has 1 atom stereocenters. The first kappa shape index (κ1) is 19.6. The normalized spacial score (nSPS) is 12.6. The highest BCUT2D eigenvalue weighted by atomic mass is 16.2. The van der Waals surface area contributed by atoms with Crippen LogP contribution in [0.5, 0.6) is 0 Å². The van der Waals surface area contributed by atoms with Gasteiger partial charge in [-0.3, -0.25) is 9.78 Å². The second-order valence-corrected chi connectivity index (χ2v) is 8.12. The maximum absolute atomic E-state index is 12.6. The van der Waals surface area contributed by atoms with Gasteiger partial charge in [0.15, 0.2) is 0 Å². The molecule has 28 heavy (non-hydrogen) atoms. The van der Waals surface area contributed by atoms with E-state index in [0.717, 1.165) is 16.8 Å². The van der Waals surface area contributed by atoms with Gasteiger partial charge in [0.1, 0.15) is 12.6 Å². The number of nitrogens with zero attached hydrogens (tertiary/aromatic N) is 4. The highest BCUT2D eigenvalue weighted by molar-refractivity contribution is 5.84. The van der Waals surface area contributed by atoms with Crippen molar-refractivity contribution < 1.29 is 4.79 Å². The summed E-state index contributed by atoms with van der Waals surface area (Å²) >= 11 is 0. The molecule has 0 fully saturated rings. The summed E-state index contributed by atoms with van der Waals surface area (Å²) in [5, 5.41) is 12.3. The summed E-state index contributed by atoms with van der Waals surface area (Å²) in [5.74, 6) is -0.140. The molecule has 3 aromatic rings. The molecule has 1 amide bonds. The average Bonchev–Trinajstić information content (AvgIpc) is 3.03. The number of carbonyl (C=O) groups excluding carboxylic acids is 1. The number of nitrogens with one attached hydrogen (secondary N) is 1. The Kier molecular flexibility index (Phi) is 5.19. The van der Waals surface area contributed by atoms with E-state index in [1.807, 2.05) is 26.1 Å². The van der Waals surface area contributed by atoms with Crippen molar-refractivity contribution in [1.82, 2.24) is 19.9 Å². The third-order valence-corrected chi connectivity index (χ3v) is 4.84. The lowest BCUT2D eigenvalue weighted by Crippen LogP contribution is -2.30. The number of rotatable bonds is 4. The van der Waals surface area contributed by atoms with Gasteiger partial charge < -0.3 is 9.88 Å². The number of aromatic nitrogens is 3. The Bertz CT molecular complexity index is 1070. The van der Waals surface area contributed by atoms with Crippen molar-refractivity contribution in [2.75, 3.05) is 0 Å². The van der Waals surface area contributed by atoms with Crippen molar-refractivity contribution in [3.05, 3.63) is 59.2 Å². The number of hydrogen-bond acceptors (Lipinski definition) is 4. The molecule has 0 saturated heterocycles. The Labute approximate surface area is 165 Å². The monoisotopic (exact) mass is 375 g/mol. The van der Waals surface area contributed by atoms with Gasteiger partial charge in [-0.15, -0.1) is 0 Å². The number of imidazole rings is 1. The number of amides is 1. The van der Waals surface area contributed by atoms with Gasteiger partial charge >= 0.3 is 0 Å². The fourth-order valence-corrected chi connectivity index (χ4v) is 3.29. The summed E-state index contributed by atoms with van der Waals surface area (Å²) in [4.78, 5) is 21.5. The summed E-state index contributed by atoms with van der Waals surface area (Å²) in [5.41, 5.74) is 5.01. The molecule has 1 unspecified atom stereocenters. The lowest BCUT2D eigenvalue weighted by atomic mass is 9.89. The highest BCUT2D eigenvalue weighted by Crippen LogP contribution is 2.24. The van der Waals surface area contributed by atoms with Gasteiger partial charge in [0, 0.05) is 17.3 Å². The molecule has 0 spiro atoms. The van der Waals surface area contributed by atoms with Gasteiger partial charge in [-0.2, -0.15) is 5.26 Å². The number of aryl methyl sites for hydroxylation is 1. The molecule has 1 aromatic carbocycles. The highest BCUT2D eigenvalue weighted by Gasteiger charge is 2.19. The predicted molar refractivity (Wildman–Crippen MR) is 109 cm³/mol. The van der Waals surface area contributed by atoms with Crippen molar-refractivity contribution >= 4 is 16.9 Å². The molecule has 144 valence electrons. The van der Waals surface area contributed by atoms with Crippen LogP contribution in [-0.2, 0) is 16.8 Å². The van der Waals surface area contributed by atoms with Crippen molar-refractivity contribution in [2.45, 2.75) is 52.6 Å². The predicted octanol–water partition coefficient (Wildman–Crippen LogP) is 3.79. The minimum absolute atomic E-state index is 0.0172. The van der Waals surface area contributed by atoms with Crippen molar-refractivity contribution in [1.29, 1.82) is 5.26 Å². The molecular formula is C22H25N5O. The molecule has 3 rings (SSSR count). The number of hydrogen-bond donors (Lipinski definition) is 1. The molecule has 0 saturated carbocycles. The quantitative estimate of drug-likeness (QED) is 0.752. The van der Waals surface area contributed by atoms with E-state index in [0.29, 0.717) is 16.6 Å². The summed E-state index contributed by atoms with van der Waals surface area (Å²) in [6.45, 7) is 10.5. The van der Waals surface area contributed by atoms with Crippen LogP contribution in [0.2, 0.25) is 0 Å². The number of fused-ring (bicyclic) bond motifs is 1. The van der Waals surface area contributed by atoms with Crippen molar-refractivity contribution in [2.24, 2.45) is 0 Å². The molecule has 0 aliphatic carbocycles. The summed E-state index contributed by atoms with van der Waals surface area (Å²) in [7, 11) is 0. The maximum Gasteiger partial charge on any atom is 0.240 e. The number of para-hydroxylation sites is 1. The van der Waals surface area contributed by atoms with E-state index >= 15 is 0 Å². The Balaban J connectivity index is 1.76. The maximum atomic E-state index is 12.6. The van der Waals surface area contributed by atoms with Gasteiger partial charge in [0.2, 0.25) is 5.91 Å². The smallest absolute Gasteiger partial charge is 0.240 e. The number of nitriles is 1. The SMILES string of the molecule is Cc1cc(C(C)(C)C)ncc1C(C)NC(=O)Cn1cnc2cccc(C#N)c21. The Hall–Kier alpha value is -3.20. The van der Waals surface area contributed by atoms with Crippen LogP contribution in [0.1, 0.15) is 56.1 Å². The minimum atomic E-state index is -0.167. The van der Waals surface area contributed by atoms with Gasteiger partial charge in [-0.05, 0) is 43.2 Å². The van der Waals surface area contributed by atoms with E-state index in [-0.39, 0.29) is 23.9 Å². The Morgan fingerprint density at radius 1 is 1.32 bits per heavy atom. The molecule has 0 bridgehead atoms. The molecule has 6 nitrogen and oxygen atoms in total. The van der Waals surface area contributed by atoms with E-state index in [4.69, 9.17) is 0 Å². The minimum Gasteiger partial charge on any atom is -0.348 e. The van der Waals surface area contributed by atoms with Crippen LogP contribution in [0, 0.1) is 18.3 Å². The fourth-order valence-electron chi connectivity index (χ4n) is 3.29. The second kappa shape index (κ2) is 7.43. The molecule has 0 aliphatic rings. The standard InChI is InChI=1S/C22H25N5O/c1-14-9-19(22(3,4)5)24-11-17(14)15(2)26-20(28)12-27-13-25-18-8-6-7-16(10-23)21(18)27/h6-9,11,13,15H,12H2,1-5H3,(H,26,28). The average molecular weight is 375 g/mol. The van der Waals surface area contributed by atoms with Gasteiger partial charge in [-0.25, -0.2) is 4.98 Å². The summed E-state index contributed by atoms with van der Waals surface area (Å²) in [6.07, 6.45) is 3.45. The van der Waals surface area contributed by atoms with Gasteiger partial charge in [-0.1, -0.05) is 26.8 Å². The number of benzene rings is 1. The first-order valence-corrected chi connectivity index (χ1v) is 9.31. The molecule has 2 aromatic heterocycles. The largest absolute Gasteiger partial charge is 0.348 e. The van der Waals surface area contributed by atoms with Gasteiger partial charge in [0.25, 0.3) is 0 Å². The third-order valence-electron chi connectivity index (χ3n) is 4.84. The molecule has 1 N–H and O–H groups in total. The van der Waals surface area contributed by atoms with Crippen LogP contribution in [0.3, 0.4) is 0 Å². The van der Waals surface area contributed by atoms with E-state index in [9.17, 15) is 10.1 Å². The zero-order valence-electron chi connectivity index (χ0n) is 16.9. The van der Waals surface area contributed by atoms with Crippen molar-refractivity contribution in [3.63, 3.8) is 0 Å². The number of pyridine rings is 1. The molecule has 6 heteroatoms. The third kappa shape index (κ3) is 3.89. The van der Waals surface area contributed by atoms with E-state index < -0.39 is 0 Å². The van der Waals surface area contributed by atoms with E-state index in [1.165, 1.54) is 0 Å². The molecule has 0 radical (unpaired) electrons. The zero-order valence-corrected chi connectivity index (χ0v) is 16.9. The van der Waals surface area contributed by atoms with E-state index in [2.05, 4.69) is 48.2 Å². The Morgan fingerprint density at radius 3 is 2.71 bits per heavy atom. The lowest BCUT2D eigenvalue weighted by molar-refractivity contribution is -0.122. The zero-order chi connectivity index (χ0) is 20.5. The fraction of sp³-hybridized carbons (Fsp3) is 0.364. The van der Waals surface area contributed by atoms with Crippen LogP contribution in [-0.4, -0.2) is 20.4 Å². The van der Waals surface area contributed by atoms with Crippen LogP contribution in [0.25, 0.3) is 11.0 Å². The van der Waals surface area contributed by atoms with Crippen LogP contribution in [0.15, 0.2) is 36.8 Å². The van der Waals surface area contributed by atoms with Crippen molar-refractivity contribution in [3.8, 4) is 6.07 Å². The first-order valence-electron chi connectivity index (χ1n) is 9.31. The Morgan fingerprint density at radius 2 is 2.07 bits per heavy atom. The molecular weight excluding hydrogens is 350 g/mol. The van der Waals surface area contributed by atoms with Gasteiger partial charge in [0.05, 0.1) is 29.0 Å². The second-order valence-electron chi connectivity index (χ2n) is 8.12. The number of carbonyl (C=O) groups is 1. The van der Waals surface area contributed by atoms with Crippen LogP contribution in [0.4, 0.5) is 0 Å².